The van der Waals surface area contributed by atoms with E-state index in [0.717, 1.165) is 15.6 Å². The first-order valence-corrected chi connectivity index (χ1v) is 6.39. The van der Waals surface area contributed by atoms with Crippen molar-refractivity contribution in [3.05, 3.63) is 28.2 Å². The second kappa shape index (κ2) is 5.44. The van der Waals surface area contributed by atoms with Gasteiger partial charge in [0.2, 0.25) is 0 Å². The molecule has 1 aromatic heterocycles. The topological polar surface area (TPSA) is 61.0 Å². The summed E-state index contributed by atoms with van der Waals surface area (Å²) in [5, 5.41) is 10.2. The molecule has 0 fully saturated rings. The van der Waals surface area contributed by atoms with E-state index in [1.807, 2.05) is 25.1 Å². The maximum absolute atomic E-state index is 6.11. The summed E-state index contributed by atoms with van der Waals surface area (Å²) >= 11 is 7.57. The first-order chi connectivity index (χ1) is 8.24. The predicted molar refractivity (Wildman–Crippen MR) is 69.4 cm³/mol. The molecular formula is C11H12ClN3OS. The molecule has 0 aliphatic rings. The molecule has 17 heavy (non-hydrogen) atoms. The fraction of sp³-hybridized carbons (Fsp3) is 0.273. The maximum Gasteiger partial charge on any atom is 0.147 e. The highest BCUT2D eigenvalue weighted by atomic mass is 35.5. The highest BCUT2D eigenvalue weighted by Crippen LogP contribution is 2.31. The van der Waals surface area contributed by atoms with Gasteiger partial charge in [-0.15, -0.1) is 10.2 Å². The SMILES string of the molecule is CCOc1ccc(-c2nnc(CN)s2)cc1Cl. The number of benzene rings is 1. The molecule has 0 bridgehead atoms. The van der Waals surface area contributed by atoms with Gasteiger partial charge in [-0.3, -0.25) is 0 Å². The van der Waals surface area contributed by atoms with Gasteiger partial charge in [0.1, 0.15) is 15.8 Å². The van der Waals surface area contributed by atoms with Gasteiger partial charge < -0.3 is 10.5 Å². The Hall–Kier alpha value is -1.17. The molecule has 0 atom stereocenters. The van der Waals surface area contributed by atoms with Crippen molar-refractivity contribution in [3.63, 3.8) is 0 Å². The number of hydrogen-bond acceptors (Lipinski definition) is 5. The molecule has 2 aromatic rings. The summed E-state index contributed by atoms with van der Waals surface area (Å²) < 4.78 is 5.37. The van der Waals surface area contributed by atoms with Crippen molar-refractivity contribution in [1.29, 1.82) is 0 Å². The van der Waals surface area contributed by atoms with Gasteiger partial charge >= 0.3 is 0 Å². The molecule has 0 aliphatic heterocycles. The normalized spacial score (nSPS) is 10.5. The maximum atomic E-state index is 6.11. The molecule has 0 saturated carbocycles. The van der Waals surface area contributed by atoms with Gasteiger partial charge in [0, 0.05) is 12.1 Å². The number of rotatable bonds is 4. The van der Waals surface area contributed by atoms with Crippen LogP contribution >= 0.6 is 22.9 Å². The molecule has 0 amide bonds. The summed E-state index contributed by atoms with van der Waals surface area (Å²) in [7, 11) is 0. The monoisotopic (exact) mass is 269 g/mol. The van der Waals surface area contributed by atoms with Crippen molar-refractivity contribution in [1.82, 2.24) is 10.2 Å². The summed E-state index contributed by atoms with van der Waals surface area (Å²) in [4.78, 5) is 0. The second-order valence-corrected chi connectivity index (χ2v) is 4.75. The average molecular weight is 270 g/mol. The molecule has 0 radical (unpaired) electrons. The summed E-state index contributed by atoms with van der Waals surface area (Å²) in [6, 6.07) is 5.58. The molecule has 90 valence electrons. The lowest BCUT2D eigenvalue weighted by Crippen LogP contribution is -1.94. The zero-order chi connectivity index (χ0) is 12.3. The highest BCUT2D eigenvalue weighted by molar-refractivity contribution is 7.14. The summed E-state index contributed by atoms with van der Waals surface area (Å²) in [5.41, 5.74) is 6.42. The van der Waals surface area contributed by atoms with E-state index in [2.05, 4.69) is 10.2 Å². The van der Waals surface area contributed by atoms with Crippen molar-refractivity contribution < 1.29 is 4.74 Å². The summed E-state index contributed by atoms with van der Waals surface area (Å²) in [5.74, 6) is 0.682. The number of nitrogens with two attached hydrogens (primary N) is 1. The van der Waals surface area contributed by atoms with Crippen molar-refractivity contribution >= 4 is 22.9 Å². The molecular weight excluding hydrogens is 258 g/mol. The van der Waals surface area contributed by atoms with E-state index in [-0.39, 0.29) is 0 Å². The Labute approximate surface area is 108 Å². The van der Waals surface area contributed by atoms with E-state index in [9.17, 15) is 0 Å². The summed E-state index contributed by atoms with van der Waals surface area (Å²) in [6.45, 7) is 2.92. The van der Waals surface area contributed by atoms with Crippen molar-refractivity contribution in [2.24, 2.45) is 5.73 Å². The Morgan fingerprint density at radius 3 is 2.82 bits per heavy atom. The third kappa shape index (κ3) is 2.74. The average Bonchev–Trinajstić information content (AvgIpc) is 2.80. The van der Waals surface area contributed by atoms with E-state index in [4.69, 9.17) is 22.1 Å². The Kier molecular flexibility index (Phi) is 3.93. The smallest absolute Gasteiger partial charge is 0.147 e. The third-order valence-corrected chi connectivity index (χ3v) is 3.41. The van der Waals surface area contributed by atoms with Gasteiger partial charge in [0.05, 0.1) is 11.6 Å². The van der Waals surface area contributed by atoms with Crippen LogP contribution in [0, 0.1) is 0 Å². The third-order valence-electron chi connectivity index (χ3n) is 2.12. The standard InChI is InChI=1S/C11H12ClN3OS/c1-2-16-9-4-3-7(5-8(9)12)11-15-14-10(6-13)17-11/h3-5H,2,6,13H2,1H3. The zero-order valence-corrected chi connectivity index (χ0v) is 10.9. The number of hydrogen-bond donors (Lipinski definition) is 1. The molecule has 2 N–H and O–H groups in total. The van der Waals surface area contributed by atoms with Crippen molar-refractivity contribution in [2.75, 3.05) is 6.61 Å². The predicted octanol–water partition coefficient (Wildman–Crippen LogP) is 2.72. The van der Waals surface area contributed by atoms with Gasteiger partial charge in [0.25, 0.3) is 0 Å². The van der Waals surface area contributed by atoms with Gasteiger partial charge in [-0.2, -0.15) is 0 Å². The number of aromatic nitrogens is 2. The molecule has 1 heterocycles. The second-order valence-electron chi connectivity index (χ2n) is 3.28. The van der Waals surface area contributed by atoms with Crippen molar-refractivity contribution in [3.8, 4) is 16.3 Å². The van der Waals surface area contributed by atoms with E-state index < -0.39 is 0 Å². The summed E-state index contributed by atoms with van der Waals surface area (Å²) in [6.07, 6.45) is 0. The molecule has 1 aromatic carbocycles. The molecule has 2 rings (SSSR count). The van der Waals surface area contributed by atoms with Crippen LogP contribution < -0.4 is 10.5 Å². The molecule has 4 nitrogen and oxygen atoms in total. The van der Waals surface area contributed by atoms with Crippen molar-refractivity contribution in [2.45, 2.75) is 13.5 Å². The van der Waals surface area contributed by atoms with Gasteiger partial charge in [-0.05, 0) is 25.1 Å². The molecule has 0 spiro atoms. The van der Waals surface area contributed by atoms with Gasteiger partial charge in [-0.1, -0.05) is 22.9 Å². The van der Waals surface area contributed by atoms with E-state index in [1.165, 1.54) is 11.3 Å². The van der Waals surface area contributed by atoms with Crippen LogP contribution in [0.5, 0.6) is 5.75 Å². The molecule has 0 unspecified atom stereocenters. The molecule has 0 aliphatic carbocycles. The number of nitrogens with zero attached hydrogens (tertiary/aromatic N) is 2. The lowest BCUT2D eigenvalue weighted by Gasteiger charge is -2.05. The van der Waals surface area contributed by atoms with Gasteiger partial charge in [-0.25, -0.2) is 0 Å². The van der Waals surface area contributed by atoms with Crippen LogP contribution in [0.15, 0.2) is 18.2 Å². The Bertz CT molecular complexity index is 515. The van der Waals surface area contributed by atoms with Crippen LogP contribution in [-0.2, 0) is 6.54 Å². The van der Waals surface area contributed by atoms with Crippen LogP contribution in [0.4, 0.5) is 0 Å². The lowest BCUT2D eigenvalue weighted by molar-refractivity contribution is 0.340. The quantitative estimate of drug-likeness (QED) is 0.927. The Balaban J connectivity index is 2.30. The van der Waals surface area contributed by atoms with Crippen LogP contribution in [0.3, 0.4) is 0 Å². The first kappa shape index (κ1) is 12.3. The fourth-order valence-corrected chi connectivity index (χ4v) is 2.31. The molecule has 6 heteroatoms. The Morgan fingerprint density at radius 2 is 2.24 bits per heavy atom. The zero-order valence-electron chi connectivity index (χ0n) is 9.31. The van der Waals surface area contributed by atoms with Crippen LogP contribution in [-0.4, -0.2) is 16.8 Å². The minimum Gasteiger partial charge on any atom is -0.492 e. The highest BCUT2D eigenvalue weighted by Gasteiger charge is 2.08. The van der Waals surface area contributed by atoms with E-state index in [0.29, 0.717) is 23.9 Å². The minimum atomic E-state index is 0.405. The van der Waals surface area contributed by atoms with Crippen LogP contribution in [0.1, 0.15) is 11.9 Å². The largest absolute Gasteiger partial charge is 0.492 e. The first-order valence-electron chi connectivity index (χ1n) is 5.19. The molecule has 0 saturated heterocycles. The lowest BCUT2D eigenvalue weighted by atomic mass is 10.2. The van der Waals surface area contributed by atoms with Crippen LogP contribution in [0.2, 0.25) is 5.02 Å². The van der Waals surface area contributed by atoms with E-state index >= 15 is 0 Å². The van der Waals surface area contributed by atoms with E-state index in [1.54, 1.807) is 0 Å². The van der Waals surface area contributed by atoms with Gasteiger partial charge in [0.15, 0.2) is 0 Å². The number of halogens is 1. The van der Waals surface area contributed by atoms with Crippen LogP contribution in [0.25, 0.3) is 10.6 Å². The minimum absolute atomic E-state index is 0.405. The Morgan fingerprint density at radius 1 is 1.41 bits per heavy atom. The number of ether oxygens (including phenoxy) is 1. The fourth-order valence-electron chi connectivity index (χ4n) is 1.36.